The van der Waals surface area contributed by atoms with E-state index < -0.39 is 0 Å². The topological polar surface area (TPSA) is 58.4 Å². The lowest BCUT2D eigenvalue weighted by Crippen LogP contribution is -2.33. The van der Waals surface area contributed by atoms with Crippen molar-refractivity contribution in [2.24, 2.45) is 0 Å². The highest BCUT2D eigenvalue weighted by molar-refractivity contribution is 5.85. The standard InChI is InChI=1S/C21H29N3O2.ClH/c1-24(21(25)15-18-11-8-13-22-18)14-7-3-6-12-19-16-20(23-26-19)17-9-4-2-5-10-17;/h2,4-5,9-10,16,18,22H,3,6-8,11-15H2,1H3;1H. The fourth-order valence-corrected chi connectivity index (χ4v) is 3.42. The molecule has 0 saturated carbocycles. The van der Waals surface area contributed by atoms with E-state index in [-0.39, 0.29) is 18.3 Å². The SMILES string of the molecule is CN(CCCCCc1cc(-c2ccccc2)no1)C(=O)CC1CCCN1.Cl. The van der Waals surface area contributed by atoms with Crippen LogP contribution in [0, 0.1) is 0 Å². The molecule has 1 atom stereocenters. The van der Waals surface area contributed by atoms with Gasteiger partial charge in [0.2, 0.25) is 5.91 Å². The fourth-order valence-electron chi connectivity index (χ4n) is 3.42. The van der Waals surface area contributed by atoms with Gasteiger partial charge >= 0.3 is 0 Å². The number of amides is 1. The van der Waals surface area contributed by atoms with E-state index in [0.29, 0.717) is 12.5 Å². The first-order valence-electron chi connectivity index (χ1n) is 9.71. The normalized spacial score (nSPS) is 16.1. The summed E-state index contributed by atoms with van der Waals surface area (Å²) in [5, 5.41) is 7.54. The maximum Gasteiger partial charge on any atom is 0.223 e. The third kappa shape index (κ3) is 6.67. The average molecular weight is 392 g/mol. The number of aromatic nitrogens is 1. The Balaban J connectivity index is 0.00000261. The van der Waals surface area contributed by atoms with Gasteiger partial charge in [0.05, 0.1) is 0 Å². The lowest BCUT2D eigenvalue weighted by molar-refractivity contribution is -0.130. The molecule has 1 aromatic heterocycles. The minimum Gasteiger partial charge on any atom is -0.361 e. The Morgan fingerprint density at radius 1 is 1.26 bits per heavy atom. The van der Waals surface area contributed by atoms with Crippen LogP contribution in [0.2, 0.25) is 0 Å². The Morgan fingerprint density at radius 3 is 2.81 bits per heavy atom. The summed E-state index contributed by atoms with van der Waals surface area (Å²) in [4.78, 5) is 14.1. The Morgan fingerprint density at radius 2 is 2.07 bits per heavy atom. The molecule has 148 valence electrons. The molecule has 1 saturated heterocycles. The number of nitrogens with zero attached hydrogens (tertiary/aromatic N) is 2. The first-order valence-corrected chi connectivity index (χ1v) is 9.71. The Bertz CT molecular complexity index is 684. The third-order valence-electron chi connectivity index (χ3n) is 5.05. The van der Waals surface area contributed by atoms with E-state index in [0.717, 1.165) is 62.2 Å². The zero-order chi connectivity index (χ0) is 18.2. The van der Waals surface area contributed by atoms with Gasteiger partial charge in [-0.1, -0.05) is 41.9 Å². The van der Waals surface area contributed by atoms with E-state index in [1.807, 2.05) is 48.3 Å². The van der Waals surface area contributed by atoms with Gasteiger partial charge < -0.3 is 14.7 Å². The second kappa shape index (κ2) is 11.1. The van der Waals surface area contributed by atoms with Crippen LogP contribution in [0.5, 0.6) is 0 Å². The molecule has 0 aliphatic carbocycles. The molecule has 1 aliphatic heterocycles. The Kier molecular flexibility index (Phi) is 8.82. The van der Waals surface area contributed by atoms with Crippen molar-refractivity contribution in [2.45, 2.75) is 51.0 Å². The quantitative estimate of drug-likeness (QED) is 0.654. The van der Waals surface area contributed by atoms with Gasteiger partial charge in [-0.25, -0.2) is 0 Å². The Labute approximate surface area is 167 Å². The van der Waals surface area contributed by atoms with Crippen molar-refractivity contribution >= 4 is 18.3 Å². The third-order valence-corrected chi connectivity index (χ3v) is 5.05. The van der Waals surface area contributed by atoms with E-state index in [1.165, 1.54) is 6.42 Å². The zero-order valence-electron chi connectivity index (χ0n) is 16.0. The minimum atomic E-state index is 0. The highest BCUT2D eigenvalue weighted by Gasteiger charge is 2.19. The molecule has 1 aliphatic rings. The molecule has 1 amide bonds. The van der Waals surface area contributed by atoms with Gasteiger partial charge in [-0.3, -0.25) is 4.79 Å². The largest absolute Gasteiger partial charge is 0.361 e. The van der Waals surface area contributed by atoms with Crippen LogP contribution >= 0.6 is 12.4 Å². The van der Waals surface area contributed by atoms with Gasteiger partial charge in [0.15, 0.2) is 0 Å². The lowest BCUT2D eigenvalue weighted by Gasteiger charge is -2.19. The summed E-state index contributed by atoms with van der Waals surface area (Å²) in [6.45, 7) is 1.88. The maximum absolute atomic E-state index is 12.2. The number of benzene rings is 1. The molecule has 0 spiro atoms. The van der Waals surface area contributed by atoms with Gasteiger partial charge in [-0.2, -0.15) is 0 Å². The molecule has 27 heavy (non-hydrogen) atoms. The summed E-state index contributed by atoms with van der Waals surface area (Å²) >= 11 is 0. The van der Waals surface area contributed by atoms with Crippen LogP contribution < -0.4 is 5.32 Å². The monoisotopic (exact) mass is 391 g/mol. The van der Waals surface area contributed by atoms with Crippen molar-refractivity contribution in [1.82, 2.24) is 15.4 Å². The van der Waals surface area contributed by atoms with Crippen LogP contribution in [0.3, 0.4) is 0 Å². The molecule has 3 rings (SSSR count). The molecule has 2 aromatic rings. The van der Waals surface area contributed by atoms with Crippen molar-refractivity contribution in [3.8, 4) is 11.3 Å². The number of aryl methyl sites for hydroxylation is 1. The summed E-state index contributed by atoms with van der Waals surface area (Å²) in [6.07, 6.45) is 7.01. The first kappa shape index (κ1) is 21.5. The predicted octanol–water partition coefficient (Wildman–Crippen LogP) is 4.08. The molecular weight excluding hydrogens is 362 g/mol. The van der Waals surface area contributed by atoms with Crippen molar-refractivity contribution in [3.63, 3.8) is 0 Å². The number of carbonyl (C=O) groups is 1. The van der Waals surface area contributed by atoms with Crippen molar-refractivity contribution in [1.29, 1.82) is 0 Å². The molecule has 1 aromatic carbocycles. The van der Waals surface area contributed by atoms with Crippen LogP contribution in [-0.4, -0.2) is 42.1 Å². The smallest absolute Gasteiger partial charge is 0.223 e. The van der Waals surface area contributed by atoms with Crippen LogP contribution in [0.4, 0.5) is 0 Å². The maximum atomic E-state index is 12.2. The van der Waals surface area contributed by atoms with Gasteiger partial charge in [-0.15, -0.1) is 12.4 Å². The molecule has 2 heterocycles. The van der Waals surface area contributed by atoms with E-state index in [1.54, 1.807) is 0 Å². The molecule has 5 nitrogen and oxygen atoms in total. The highest BCUT2D eigenvalue weighted by atomic mass is 35.5. The average Bonchev–Trinajstić information content (AvgIpc) is 3.34. The summed E-state index contributed by atoms with van der Waals surface area (Å²) in [6, 6.07) is 12.5. The van der Waals surface area contributed by atoms with Gasteiger partial charge in [0.1, 0.15) is 11.5 Å². The van der Waals surface area contributed by atoms with Gasteiger partial charge in [-0.05, 0) is 32.2 Å². The number of rotatable bonds is 9. The fraction of sp³-hybridized carbons (Fsp3) is 0.524. The predicted molar refractivity (Wildman–Crippen MR) is 110 cm³/mol. The van der Waals surface area contributed by atoms with Crippen molar-refractivity contribution < 1.29 is 9.32 Å². The number of hydrogen-bond acceptors (Lipinski definition) is 4. The van der Waals surface area contributed by atoms with Gasteiger partial charge in [0, 0.05) is 44.1 Å². The summed E-state index contributed by atoms with van der Waals surface area (Å²) in [5.41, 5.74) is 1.98. The molecule has 0 radical (unpaired) electrons. The molecule has 1 N–H and O–H groups in total. The van der Waals surface area contributed by atoms with Crippen LogP contribution in [0.1, 0.15) is 44.3 Å². The number of unbranched alkanes of at least 4 members (excludes halogenated alkanes) is 2. The number of halogens is 1. The van der Waals surface area contributed by atoms with Crippen LogP contribution in [-0.2, 0) is 11.2 Å². The molecule has 6 heteroatoms. The van der Waals surface area contributed by atoms with E-state index in [9.17, 15) is 4.79 Å². The lowest BCUT2D eigenvalue weighted by atomic mass is 10.1. The number of hydrogen-bond donors (Lipinski definition) is 1. The molecule has 1 fully saturated rings. The first-order chi connectivity index (χ1) is 12.7. The van der Waals surface area contributed by atoms with Crippen molar-refractivity contribution in [3.05, 3.63) is 42.2 Å². The summed E-state index contributed by atoms with van der Waals surface area (Å²) < 4.78 is 5.44. The minimum absolute atomic E-state index is 0. The van der Waals surface area contributed by atoms with Gasteiger partial charge in [0.25, 0.3) is 0 Å². The van der Waals surface area contributed by atoms with Crippen LogP contribution in [0.15, 0.2) is 40.9 Å². The molecule has 1 unspecified atom stereocenters. The highest BCUT2D eigenvalue weighted by Crippen LogP contribution is 2.19. The second-order valence-corrected chi connectivity index (χ2v) is 7.17. The molecular formula is C21H30ClN3O2. The van der Waals surface area contributed by atoms with E-state index in [2.05, 4.69) is 10.5 Å². The summed E-state index contributed by atoms with van der Waals surface area (Å²) in [7, 11) is 1.92. The summed E-state index contributed by atoms with van der Waals surface area (Å²) in [5.74, 6) is 1.19. The zero-order valence-corrected chi connectivity index (χ0v) is 16.8. The second-order valence-electron chi connectivity index (χ2n) is 7.17. The number of carbonyl (C=O) groups excluding carboxylic acids is 1. The van der Waals surface area contributed by atoms with E-state index >= 15 is 0 Å². The molecule has 0 bridgehead atoms. The van der Waals surface area contributed by atoms with Crippen molar-refractivity contribution in [2.75, 3.05) is 20.1 Å². The van der Waals surface area contributed by atoms with Crippen LogP contribution in [0.25, 0.3) is 11.3 Å². The van der Waals surface area contributed by atoms with E-state index in [4.69, 9.17) is 4.52 Å². The number of nitrogens with one attached hydrogen (secondary N) is 1. The Hall–Kier alpha value is -1.85.